The molecule has 2 fully saturated rings. The molecule has 26 heavy (non-hydrogen) atoms. The molecule has 2 saturated heterocycles. The average Bonchev–Trinajstić information content (AvgIpc) is 3.11. The van der Waals surface area contributed by atoms with Crippen LogP contribution in [-0.4, -0.2) is 56.2 Å². The van der Waals surface area contributed by atoms with Gasteiger partial charge in [-0.15, -0.1) is 0 Å². The normalized spacial score (nSPS) is 18.9. The molecule has 4 rings (SSSR count). The van der Waals surface area contributed by atoms with E-state index in [9.17, 15) is 0 Å². The summed E-state index contributed by atoms with van der Waals surface area (Å²) in [7, 11) is 4.06. The van der Waals surface area contributed by atoms with Crippen molar-refractivity contribution in [3.63, 3.8) is 0 Å². The molecule has 1 N–H and O–H groups in total. The topological polar surface area (TPSA) is 62.8 Å². The van der Waals surface area contributed by atoms with E-state index in [0.717, 1.165) is 48.9 Å². The average molecular weight is 355 g/mol. The highest BCUT2D eigenvalue weighted by atomic mass is 16.7. The Bertz CT molecular complexity index is 734. The molecule has 1 aromatic carbocycles. The maximum Gasteiger partial charge on any atom is 0.171 e. The quantitative estimate of drug-likeness (QED) is 0.904. The smallest absolute Gasteiger partial charge is 0.171 e. The van der Waals surface area contributed by atoms with Crippen LogP contribution in [0.1, 0.15) is 12.8 Å². The second kappa shape index (κ2) is 7.09. The lowest BCUT2D eigenvalue weighted by Gasteiger charge is -2.38. The van der Waals surface area contributed by atoms with Crippen LogP contribution >= 0.6 is 0 Å². The lowest BCUT2D eigenvalue weighted by atomic mass is 10.0. The summed E-state index contributed by atoms with van der Waals surface area (Å²) in [6.45, 7) is 3.14. The van der Waals surface area contributed by atoms with E-state index in [1.54, 1.807) is 6.33 Å². The number of hydrogen-bond acceptors (Lipinski definition) is 7. The van der Waals surface area contributed by atoms with Crippen molar-refractivity contribution in [3.05, 3.63) is 36.7 Å². The highest BCUT2D eigenvalue weighted by Gasteiger charge is 2.40. The molecular weight excluding hydrogens is 330 g/mol. The molecule has 1 aromatic heterocycles. The first-order valence-electron chi connectivity index (χ1n) is 9.03. The van der Waals surface area contributed by atoms with Gasteiger partial charge in [-0.05, 0) is 24.3 Å². The van der Waals surface area contributed by atoms with E-state index in [-0.39, 0.29) is 5.79 Å². The van der Waals surface area contributed by atoms with Crippen molar-refractivity contribution in [1.29, 1.82) is 0 Å². The molecule has 0 atom stereocenters. The van der Waals surface area contributed by atoms with Gasteiger partial charge < -0.3 is 24.6 Å². The Labute approximate surface area is 153 Å². The number of benzene rings is 1. The minimum atomic E-state index is -0.362. The maximum absolute atomic E-state index is 5.80. The summed E-state index contributed by atoms with van der Waals surface area (Å²) in [6.07, 6.45) is 3.34. The SMILES string of the molecule is CN(C)c1ccc(Nc2cc(N3CCC4(CC3)OCCO4)ncn2)cc1. The van der Waals surface area contributed by atoms with Crippen LogP contribution in [-0.2, 0) is 9.47 Å². The molecule has 0 unspecified atom stereocenters. The fourth-order valence-electron chi connectivity index (χ4n) is 3.44. The van der Waals surface area contributed by atoms with Crippen LogP contribution in [0, 0.1) is 0 Å². The first-order valence-corrected chi connectivity index (χ1v) is 9.03. The summed E-state index contributed by atoms with van der Waals surface area (Å²) < 4.78 is 11.6. The van der Waals surface area contributed by atoms with E-state index < -0.39 is 0 Å². The Morgan fingerprint density at radius 3 is 2.38 bits per heavy atom. The number of nitrogens with zero attached hydrogens (tertiary/aromatic N) is 4. The van der Waals surface area contributed by atoms with Gasteiger partial charge in [0.05, 0.1) is 13.2 Å². The fraction of sp³-hybridized carbons (Fsp3) is 0.474. The molecule has 0 aliphatic carbocycles. The molecule has 7 nitrogen and oxygen atoms in total. The van der Waals surface area contributed by atoms with Crippen LogP contribution in [0.3, 0.4) is 0 Å². The van der Waals surface area contributed by atoms with Gasteiger partial charge in [0.1, 0.15) is 18.0 Å². The molecule has 0 bridgehead atoms. The molecule has 0 radical (unpaired) electrons. The molecule has 0 amide bonds. The van der Waals surface area contributed by atoms with Crippen molar-refractivity contribution in [1.82, 2.24) is 9.97 Å². The van der Waals surface area contributed by atoms with Crippen molar-refractivity contribution in [2.75, 3.05) is 55.5 Å². The van der Waals surface area contributed by atoms with E-state index in [1.807, 2.05) is 20.2 Å². The van der Waals surface area contributed by atoms with Crippen LogP contribution in [0.5, 0.6) is 0 Å². The van der Waals surface area contributed by atoms with Gasteiger partial charge in [0.15, 0.2) is 5.79 Å². The molecule has 2 aliphatic rings. The van der Waals surface area contributed by atoms with Crippen LogP contribution < -0.4 is 15.1 Å². The maximum atomic E-state index is 5.80. The molecule has 7 heteroatoms. The molecule has 2 aromatic rings. The van der Waals surface area contributed by atoms with E-state index in [1.165, 1.54) is 0 Å². The van der Waals surface area contributed by atoms with Gasteiger partial charge in [0.2, 0.25) is 0 Å². The van der Waals surface area contributed by atoms with Crippen LogP contribution in [0.2, 0.25) is 0 Å². The van der Waals surface area contributed by atoms with Crippen molar-refractivity contribution in [2.24, 2.45) is 0 Å². The highest BCUT2D eigenvalue weighted by Crippen LogP contribution is 2.33. The molecular formula is C19H25N5O2. The molecule has 138 valence electrons. The van der Waals surface area contributed by atoms with Crippen molar-refractivity contribution in [3.8, 4) is 0 Å². The number of ether oxygens (including phenoxy) is 2. The third-order valence-corrected chi connectivity index (χ3v) is 4.97. The Morgan fingerprint density at radius 1 is 1.04 bits per heavy atom. The largest absolute Gasteiger partial charge is 0.378 e. The van der Waals surface area contributed by atoms with Gasteiger partial charge >= 0.3 is 0 Å². The molecule has 0 saturated carbocycles. The second-order valence-corrected chi connectivity index (χ2v) is 6.92. The lowest BCUT2D eigenvalue weighted by Crippen LogP contribution is -2.45. The van der Waals surface area contributed by atoms with E-state index in [0.29, 0.717) is 13.2 Å². The minimum Gasteiger partial charge on any atom is -0.378 e. The molecule has 1 spiro atoms. The van der Waals surface area contributed by atoms with Gasteiger partial charge in [0, 0.05) is 57.5 Å². The molecule has 2 aliphatic heterocycles. The van der Waals surface area contributed by atoms with E-state index >= 15 is 0 Å². The lowest BCUT2D eigenvalue weighted by molar-refractivity contribution is -0.169. The number of anilines is 4. The number of rotatable bonds is 4. The minimum absolute atomic E-state index is 0.362. The van der Waals surface area contributed by atoms with Crippen molar-refractivity contribution in [2.45, 2.75) is 18.6 Å². The Morgan fingerprint density at radius 2 is 1.73 bits per heavy atom. The summed E-state index contributed by atoms with van der Waals surface area (Å²) in [4.78, 5) is 13.1. The summed E-state index contributed by atoms with van der Waals surface area (Å²) in [5, 5.41) is 3.35. The third-order valence-electron chi connectivity index (χ3n) is 4.97. The Kier molecular flexibility index (Phi) is 4.65. The zero-order valence-electron chi connectivity index (χ0n) is 15.3. The Balaban J connectivity index is 1.42. The summed E-state index contributed by atoms with van der Waals surface area (Å²) in [5.41, 5.74) is 2.17. The summed E-state index contributed by atoms with van der Waals surface area (Å²) in [6, 6.07) is 10.3. The number of piperidine rings is 1. The van der Waals surface area contributed by atoms with Gasteiger partial charge in [-0.1, -0.05) is 0 Å². The monoisotopic (exact) mass is 355 g/mol. The fourth-order valence-corrected chi connectivity index (χ4v) is 3.44. The van der Waals surface area contributed by atoms with Crippen molar-refractivity contribution >= 4 is 23.0 Å². The predicted molar refractivity (Wildman–Crippen MR) is 102 cm³/mol. The van der Waals surface area contributed by atoms with Gasteiger partial charge in [0.25, 0.3) is 0 Å². The van der Waals surface area contributed by atoms with Crippen LogP contribution in [0.15, 0.2) is 36.7 Å². The van der Waals surface area contributed by atoms with Crippen molar-refractivity contribution < 1.29 is 9.47 Å². The van der Waals surface area contributed by atoms with E-state index in [2.05, 4.69) is 49.4 Å². The standard InChI is InChI=1S/C19H25N5O2/c1-23(2)16-5-3-15(4-6-16)22-17-13-18(21-14-20-17)24-9-7-19(8-10-24)25-11-12-26-19/h3-6,13-14H,7-12H2,1-2H3,(H,20,21,22). The highest BCUT2D eigenvalue weighted by molar-refractivity contribution is 5.62. The number of aromatic nitrogens is 2. The zero-order valence-corrected chi connectivity index (χ0v) is 15.3. The number of hydrogen-bond donors (Lipinski definition) is 1. The van der Waals surface area contributed by atoms with E-state index in [4.69, 9.17) is 9.47 Å². The van der Waals surface area contributed by atoms with Gasteiger partial charge in [-0.3, -0.25) is 0 Å². The third kappa shape index (κ3) is 3.59. The number of nitrogens with one attached hydrogen (secondary N) is 1. The first kappa shape index (κ1) is 17.1. The van der Waals surface area contributed by atoms with Gasteiger partial charge in [-0.25, -0.2) is 9.97 Å². The van der Waals surface area contributed by atoms with Crippen LogP contribution in [0.4, 0.5) is 23.0 Å². The first-order chi connectivity index (χ1) is 12.6. The molecule has 3 heterocycles. The zero-order chi connectivity index (χ0) is 18.0. The summed E-state index contributed by atoms with van der Waals surface area (Å²) in [5.74, 6) is 1.36. The van der Waals surface area contributed by atoms with Crippen LogP contribution in [0.25, 0.3) is 0 Å². The summed E-state index contributed by atoms with van der Waals surface area (Å²) >= 11 is 0. The predicted octanol–water partition coefficient (Wildman–Crippen LogP) is 2.63. The Hall–Kier alpha value is -2.38. The van der Waals surface area contributed by atoms with Gasteiger partial charge in [-0.2, -0.15) is 0 Å². The second-order valence-electron chi connectivity index (χ2n) is 6.92.